The number of rotatable bonds is 6. The highest BCUT2D eigenvalue weighted by Gasteiger charge is 2.17. The second kappa shape index (κ2) is 9.11. The highest BCUT2D eigenvalue weighted by molar-refractivity contribution is 6.31. The summed E-state index contributed by atoms with van der Waals surface area (Å²) in [6, 6.07) is 21.1. The van der Waals surface area contributed by atoms with Crippen molar-refractivity contribution in [3.05, 3.63) is 111 Å². The summed E-state index contributed by atoms with van der Waals surface area (Å²) >= 11 is 6.15. The number of amides is 1. The Morgan fingerprint density at radius 2 is 1.71 bits per heavy atom. The zero-order chi connectivity index (χ0) is 23.7. The predicted molar refractivity (Wildman–Crippen MR) is 130 cm³/mol. The molecule has 8 heteroatoms. The molecule has 0 unspecified atom stereocenters. The Labute approximate surface area is 199 Å². The number of carbonyl (C=O) groups excluding carboxylic acids is 1. The number of carbonyl (C=O) groups is 1. The van der Waals surface area contributed by atoms with Crippen LogP contribution in [-0.2, 0) is 24.4 Å². The van der Waals surface area contributed by atoms with Crippen molar-refractivity contribution < 1.29 is 9.18 Å². The van der Waals surface area contributed by atoms with Gasteiger partial charge in [0.15, 0.2) is 0 Å². The minimum absolute atomic E-state index is 0.225. The van der Waals surface area contributed by atoms with E-state index in [1.54, 1.807) is 24.4 Å². The number of para-hydroxylation sites is 1. The number of halogens is 2. The lowest BCUT2D eigenvalue weighted by Crippen LogP contribution is -2.33. The molecule has 0 atom stereocenters. The highest BCUT2D eigenvalue weighted by Crippen LogP contribution is 2.27. The normalized spacial score (nSPS) is 11.2. The molecule has 0 spiro atoms. The molecule has 0 saturated carbocycles. The van der Waals surface area contributed by atoms with Gasteiger partial charge in [0.2, 0.25) is 5.91 Å². The average molecular weight is 475 g/mol. The lowest BCUT2D eigenvalue weighted by atomic mass is 10.2. The quantitative estimate of drug-likeness (QED) is 0.394. The fourth-order valence-electron chi connectivity index (χ4n) is 4.07. The van der Waals surface area contributed by atoms with Crippen LogP contribution >= 0.6 is 11.6 Å². The van der Waals surface area contributed by atoms with Gasteiger partial charge in [0, 0.05) is 34.4 Å². The third-order valence-electron chi connectivity index (χ3n) is 5.75. The van der Waals surface area contributed by atoms with Crippen LogP contribution < -0.4 is 10.9 Å². The van der Waals surface area contributed by atoms with Gasteiger partial charge in [-0.25, -0.2) is 9.07 Å². The minimum Gasteiger partial charge on any atom is -0.350 e. The summed E-state index contributed by atoms with van der Waals surface area (Å²) in [6.45, 7) is 0.403. The molecule has 0 saturated heterocycles. The fourth-order valence-corrected chi connectivity index (χ4v) is 4.27. The van der Waals surface area contributed by atoms with Gasteiger partial charge in [-0.1, -0.05) is 60.1 Å². The van der Waals surface area contributed by atoms with Crippen LogP contribution in [0.4, 0.5) is 4.39 Å². The molecule has 170 valence electrons. The molecular weight excluding hydrogens is 455 g/mol. The number of hydrogen-bond acceptors (Lipinski definition) is 3. The first-order valence-corrected chi connectivity index (χ1v) is 11.1. The molecule has 34 heavy (non-hydrogen) atoms. The summed E-state index contributed by atoms with van der Waals surface area (Å²) in [6.07, 6.45) is 1.61. The van der Waals surface area contributed by atoms with Crippen molar-refractivity contribution in [2.24, 2.45) is 0 Å². The standard InChI is InChI=1S/C26H20ClFN4O2/c27-22-7-3-1-5-18(22)13-29-24(33)16-32-26(34)25-21(14-30-32)20-6-2-4-8-23(20)31(25)15-17-9-11-19(28)12-10-17/h1-12,14H,13,15-16H2,(H,29,33). The molecule has 1 N–H and O–H groups in total. The molecule has 0 aliphatic heterocycles. The summed E-state index contributed by atoms with van der Waals surface area (Å²) < 4.78 is 16.4. The first-order chi connectivity index (χ1) is 16.5. The van der Waals surface area contributed by atoms with Crippen molar-refractivity contribution in [2.45, 2.75) is 19.6 Å². The molecule has 0 bridgehead atoms. The highest BCUT2D eigenvalue weighted by atomic mass is 35.5. The Morgan fingerprint density at radius 1 is 0.971 bits per heavy atom. The van der Waals surface area contributed by atoms with Crippen LogP contribution in [0.2, 0.25) is 5.02 Å². The molecule has 0 radical (unpaired) electrons. The molecule has 6 nitrogen and oxygen atoms in total. The van der Waals surface area contributed by atoms with E-state index >= 15 is 0 Å². The summed E-state index contributed by atoms with van der Waals surface area (Å²) in [7, 11) is 0. The Balaban J connectivity index is 1.49. The number of nitrogens with zero attached hydrogens (tertiary/aromatic N) is 3. The van der Waals surface area contributed by atoms with Crippen molar-refractivity contribution in [1.29, 1.82) is 0 Å². The van der Waals surface area contributed by atoms with E-state index in [2.05, 4.69) is 10.4 Å². The Bertz CT molecular complexity index is 1570. The number of aromatic nitrogens is 3. The minimum atomic E-state index is -0.372. The summed E-state index contributed by atoms with van der Waals surface area (Å²) in [5.41, 5.74) is 2.57. The van der Waals surface area contributed by atoms with E-state index in [-0.39, 0.29) is 30.4 Å². The van der Waals surface area contributed by atoms with E-state index in [9.17, 15) is 14.0 Å². The molecule has 2 heterocycles. The molecular formula is C26H20ClFN4O2. The van der Waals surface area contributed by atoms with Crippen LogP contribution in [0.5, 0.6) is 0 Å². The maximum Gasteiger partial charge on any atom is 0.291 e. The average Bonchev–Trinajstić information content (AvgIpc) is 3.16. The maximum absolute atomic E-state index is 13.4. The van der Waals surface area contributed by atoms with E-state index < -0.39 is 0 Å². The number of benzene rings is 3. The van der Waals surface area contributed by atoms with E-state index in [0.29, 0.717) is 22.5 Å². The number of fused-ring (bicyclic) bond motifs is 3. The molecule has 2 aromatic heterocycles. The Morgan fingerprint density at radius 3 is 2.50 bits per heavy atom. The van der Waals surface area contributed by atoms with E-state index in [1.165, 1.54) is 12.1 Å². The molecule has 0 aliphatic rings. The maximum atomic E-state index is 13.4. The van der Waals surface area contributed by atoms with Crippen molar-refractivity contribution in [3.8, 4) is 0 Å². The molecule has 5 aromatic rings. The van der Waals surface area contributed by atoms with Gasteiger partial charge in [0.25, 0.3) is 5.56 Å². The van der Waals surface area contributed by atoms with Crippen LogP contribution in [0.1, 0.15) is 11.1 Å². The van der Waals surface area contributed by atoms with Gasteiger partial charge in [0.05, 0.1) is 6.20 Å². The topological polar surface area (TPSA) is 68.9 Å². The summed E-state index contributed by atoms with van der Waals surface area (Å²) in [4.78, 5) is 26.0. The Kier molecular flexibility index (Phi) is 5.86. The molecule has 0 fully saturated rings. The number of hydrogen-bond donors (Lipinski definition) is 1. The molecule has 0 aliphatic carbocycles. The second-order valence-electron chi connectivity index (χ2n) is 7.97. The van der Waals surface area contributed by atoms with Gasteiger partial charge in [-0.3, -0.25) is 9.59 Å². The third kappa shape index (κ3) is 4.18. The smallest absolute Gasteiger partial charge is 0.291 e. The Hall–Kier alpha value is -3.97. The molecule has 1 amide bonds. The van der Waals surface area contributed by atoms with Crippen LogP contribution in [0.15, 0.2) is 83.8 Å². The van der Waals surface area contributed by atoms with Crippen LogP contribution in [0.25, 0.3) is 21.8 Å². The zero-order valence-corrected chi connectivity index (χ0v) is 18.8. The second-order valence-corrected chi connectivity index (χ2v) is 8.37. The van der Waals surface area contributed by atoms with E-state index in [1.807, 2.05) is 47.0 Å². The van der Waals surface area contributed by atoms with Gasteiger partial charge in [-0.05, 0) is 35.4 Å². The molecule has 5 rings (SSSR count). The zero-order valence-electron chi connectivity index (χ0n) is 18.0. The lowest BCUT2D eigenvalue weighted by molar-refractivity contribution is -0.122. The van der Waals surface area contributed by atoms with Crippen LogP contribution in [0, 0.1) is 5.82 Å². The van der Waals surface area contributed by atoms with Gasteiger partial charge in [-0.2, -0.15) is 5.10 Å². The van der Waals surface area contributed by atoms with Crippen molar-refractivity contribution in [2.75, 3.05) is 0 Å². The van der Waals surface area contributed by atoms with Gasteiger partial charge >= 0.3 is 0 Å². The van der Waals surface area contributed by atoms with Crippen LogP contribution in [0.3, 0.4) is 0 Å². The van der Waals surface area contributed by atoms with Gasteiger partial charge in [0.1, 0.15) is 17.9 Å². The largest absolute Gasteiger partial charge is 0.350 e. The van der Waals surface area contributed by atoms with Crippen molar-refractivity contribution in [1.82, 2.24) is 19.7 Å². The predicted octanol–water partition coefficient (Wildman–Crippen LogP) is 4.51. The van der Waals surface area contributed by atoms with Gasteiger partial charge < -0.3 is 9.88 Å². The third-order valence-corrected chi connectivity index (χ3v) is 6.12. The molecule has 3 aromatic carbocycles. The van der Waals surface area contributed by atoms with E-state index in [4.69, 9.17) is 11.6 Å². The first kappa shape index (κ1) is 21.9. The van der Waals surface area contributed by atoms with Crippen molar-refractivity contribution in [3.63, 3.8) is 0 Å². The SMILES string of the molecule is O=C(Cn1ncc2c3ccccc3n(Cc3ccc(F)cc3)c2c1=O)NCc1ccccc1Cl. The monoisotopic (exact) mass is 474 g/mol. The van der Waals surface area contributed by atoms with Gasteiger partial charge in [-0.15, -0.1) is 0 Å². The lowest BCUT2D eigenvalue weighted by Gasteiger charge is -2.10. The summed E-state index contributed by atoms with van der Waals surface area (Å²) in [5.74, 6) is -0.671. The van der Waals surface area contributed by atoms with Crippen LogP contribution in [-0.4, -0.2) is 20.3 Å². The summed E-state index contributed by atoms with van der Waals surface area (Å²) in [5, 5.41) is 9.19. The van der Waals surface area contributed by atoms with Crippen molar-refractivity contribution >= 4 is 39.3 Å². The fraction of sp³-hybridized carbons (Fsp3) is 0.115. The van der Waals surface area contributed by atoms with E-state index in [0.717, 1.165) is 26.7 Å². The number of nitrogens with one attached hydrogen (secondary N) is 1. The first-order valence-electron chi connectivity index (χ1n) is 10.7.